The molecule has 0 spiro atoms. The predicted molar refractivity (Wildman–Crippen MR) is 118 cm³/mol. The molecule has 0 saturated carbocycles. The third-order valence-corrected chi connectivity index (χ3v) is 5.19. The number of ether oxygens (including phenoxy) is 2. The van der Waals surface area contributed by atoms with Gasteiger partial charge in [-0.2, -0.15) is 0 Å². The summed E-state index contributed by atoms with van der Waals surface area (Å²) < 4.78 is 10.7. The van der Waals surface area contributed by atoms with Gasteiger partial charge in [-0.05, 0) is 55.7 Å². The molecule has 1 saturated heterocycles. The minimum atomic E-state index is -0.171. The Bertz CT molecular complexity index is 907. The molecule has 3 rings (SSSR count). The van der Waals surface area contributed by atoms with E-state index >= 15 is 0 Å². The fraction of sp³-hybridized carbons (Fsp3) is 0.391. The Morgan fingerprint density at radius 3 is 2.43 bits per heavy atom. The lowest BCUT2D eigenvalue weighted by Gasteiger charge is -2.30. The lowest BCUT2D eigenvalue weighted by molar-refractivity contribution is -0.114. The van der Waals surface area contributed by atoms with Crippen LogP contribution in [0.1, 0.15) is 42.1 Å². The fourth-order valence-electron chi connectivity index (χ4n) is 3.69. The number of benzene rings is 2. The van der Waals surface area contributed by atoms with E-state index in [4.69, 9.17) is 9.47 Å². The van der Waals surface area contributed by atoms with Crippen molar-refractivity contribution in [1.29, 1.82) is 0 Å². The first kappa shape index (κ1) is 21.5. The van der Waals surface area contributed by atoms with E-state index in [1.165, 1.54) is 13.3 Å². The number of hydrogen-bond acceptors (Lipinski definition) is 5. The van der Waals surface area contributed by atoms with Crippen LogP contribution in [0.25, 0.3) is 0 Å². The third kappa shape index (κ3) is 5.23. The molecule has 1 heterocycles. The highest BCUT2D eigenvalue weighted by atomic mass is 16.5. The van der Waals surface area contributed by atoms with Crippen molar-refractivity contribution in [2.24, 2.45) is 0 Å². The number of methoxy groups -OCH3 is 2. The van der Waals surface area contributed by atoms with Crippen LogP contribution < -0.4 is 25.0 Å². The van der Waals surface area contributed by atoms with Gasteiger partial charge >= 0.3 is 0 Å². The molecule has 0 radical (unpaired) electrons. The number of carbonyl (C=O) groups excluding carboxylic acids is 2. The molecule has 0 aromatic heterocycles. The van der Waals surface area contributed by atoms with Gasteiger partial charge in [-0.15, -0.1) is 0 Å². The molecule has 160 valence electrons. The zero-order chi connectivity index (χ0) is 21.5. The number of nitrogens with one attached hydrogen (secondary N) is 2. The summed E-state index contributed by atoms with van der Waals surface area (Å²) in [5.41, 5.74) is 2.96. The molecule has 7 nitrogen and oxygen atoms in total. The average molecular weight is 412 g/mol. The van der Waals surface area contributed by atoms with E-state index in [2.05, 4.69) is 15.5 Å². The molecule has 0 unspecified atom stereocenters. The third-order valence-electron chi connectivity index (χ3n) is 5.19. The van der Waals surface area contributed by atoms with Gasteiger partial charge in [0.05, 0.1) is 25.5 Å². The zero-order valence-corrected chi connectivity index (χ0v) is 17.8. The highest BCUT2D eigenvalue weighted by molar-refractivity contribution is 6.01. The highest BCUT2D eigenvalue weighted by Gasteiger charge is 2.20. The van der Waals surface area contributed by atoms with E-state index in [1.807, 2.05) is 24.3 Å². The van der Waals surface area contributed by atoms with Crippen LogP contribution in [-0.4, -0.2) is 39.1 Å². The lowest BCUT2D eigenvalue weighted by Crippen LogP contribution is -2.32. The summed E-state index contributed by atoms with van der Waals surface area (Å²) >= 11 is 0. The minimum Gasteiger partial charge on any atom is -0.497 e. The molecule has 2 amide bonds. The Balaban J connectivity index is 1.83. The van der Waals surface area contributed by atoms with Gasteiger partial charge in [0.2, 0.25) is 5.91 Å². The van der Waals surface area contributed by atoms with Crippen LogP contribution in [0.2, 0.25) is 0 Å². The number of rotatable bonds is 7. The summed E-state index contributed by atoms with van der Waals surface area (Å²) in [6.45, 7) is 3.58. The summed E-state index contributed by atoms with van der Waals surface area (Å²) in [6.07, 6.45) is 3.37. The van der Waals surface area contributed by atoms with Gasteiger partial charge in [-0.25, -0.2) is 0 Å². The Hall–Kier alpha value is -3.22. The van der Waals surface area contributed by atoms with E-state index in [0.29, 0.717) is 29.3 Å². The quantitative estimate of drug-likeness (QED) is 0.728. The molecule has 7 heteroatoms. The number of hydrogen-bond donors (Lipinski definition) is 2. The predicted octanol–water partition coefficient (Wildman–Crippen LogP) is 3.58. The molecule has 2 aromatic carbocycles. The maximum atomic E-state index is 13.1. The second kappa shape index (κ2) is 10.0. The molecule has 30 heavy (non-hydrogen) atoms. The topological polar surface area (TPSA) is 79.9 Å². The first-order chi connectivity index (χ1) is 14.5. The fourth-order valence-corrected chi connectivity index (χ4v) is 3.69. The number of anilines is 2. The number of nitrogens with zero attached hydrogens (tertiary/aromatic N) is 1. The second-order valence-electron chi connectivity index (χ2n) is 7.32. The summed E-state index contributed by atoms with van der Waals surface area (Å²) in [4.78, 5) is 26.8. The molecule has 2 N–H and O–H groups in total. The van der Waals surface area contributed by atoms with Crippen LogP contribution in [-0.2, 0) is 11.3 Å². The largest absolute Gasteiger partial charge is 0.497 e. The molecule has 2 aromatic rings. The Morgan fingerprint density at radius 1 is 1.00 bits per heavy atom. The Kier molecular flexibility index (Phi) is 7.17. The number of carbonyl (C=O) groups is 2. The smallest absolute Gasteiger partial charge is 0.253 e. The average Bonchev–Trinajstić information content (AvgIpc) is 2.77. The van der Waals surface area contributed by atoms with Crippen molar-refractivity contribution in [2.75, 3.05) is 37.5 Å². The van der Waals surface area contributed by atoms with Crippen molar-refractivity contribution in [2.45, 2.75) is 32.7 Å². The van der Waals surface area contributed by atoms with Gasteiger partial charge in [-0.1, -0.05) is 0 Å². The number of piperidine rings is 1. The second-order valence-corrected chi connectivity index (χ2v) is 7.32. The van der Waals surface area contributed by atoms with Crippen molar-refractivity contribution in [3.63, 3.8) is 0 Å². The van der Waals surface area contributed by atoms with Gasteiger partial charge in [0.15, 0.2) is 0 Å². The monoisotopic (exact) mass is 411 g/mol. The normalized spacial score (nSPS) is 13.5. The molecule has 1 aliphatic heterocycles. The molecule has 0 bridgehead atoms. The van der Waals surface area contributed by atoms with Gasteiger partial charge in [0.1, 0.15) is 11.5 Å². The van der Waals surface area contributed by atoms with E-state index in [1.54, 1.807) is 26.4 Å². The van der Waals surface area contributed by atoms with E-state index < -0.39 is 0 Å². The molecular weight excluding hydrogens is 382 g/mol. The van der Waals surface area contributed by atoms with Crippen LogP contribution in [0, 0.1) is 0 Å². The molecule has 0 atom stereocenters. The first-order valence-electron chi connectivity index (χ1n) is 10.2. The van der Waals surface area contributed by atoms with Gasteiger partial charge < -0.3 is 25.0 Å². The van der Waals surface area contributed by atoms with Crippen molar-refractivity contribution in [3.8, 4) is 11.5 Å². The minimum absolute atomic E-state index is 0.137. The van der Waals surface area contributed by atoms with Crippen LogP contribution in [0.3, 0.4) is 0 Å². The van der Waals surface area contributed by atoms with E-state index in [-0.39, 0.29) is 11.8 Å². The maximum absolute atomic E-state index is 13.1. The SMILES string of the molecule is COc1ccc(OC)c(CNC(=O)c2ccc(NC(C)=O)cc2N2CCCCC2)c1. The van der Waals surface area contributed by atoms with Crippen molar-refractivity contribution in [3.05, 3.63) is 47.5 Å². The molecule has 1 fully saturated rings. The Morgan fingerprint density at radius 2 is 1.77 bits per heavy atom. The number of amides is 2. The van der Waals surface area contributed by atoms with E-state index in [0.717, 1.165) is 37.2 Å². The van der Waals surface area contributed by atoms with Crippen molar-refractivity contribution >= 4 is 23.2 Å². The van der Waals surface area contributed by atoms with Crippen LogP contribution in [0.4, 0.5) is 11.4 Å². The van der Waals surface area contributed by atoms with E-state index in [9.17, 15) is 9.59 Å². The van der Waals surface area contributed by atoms with Crippen molar-refractivity contribution in [1.82, 2.24) is 5.32 Å². The van der Waals surface area contributed by atoms with Crippen LogP contribution in [0.5, 0.6) is 11.5 Å². The van der Waals surface area contributed by atoms with Crippen molar-refractivity contribution < 1.29 is 19.1 Å². The molecular formula is C23H29N3O4. The summed E-state index contributed by atoms with van der Waals surface area (Å²) in [5.74, 6) is 1.08. The van der Waals surface area contributed by atoms with Gasteiger partial charge in [0.25, 0.3) is 5.91 Å². The summed E-state index contributed by atoms with van der Waals surface area (Å²) in [7, 11) is 3.20. The molecule has 0 aliphatic carbocycles. The zero-order valence-electron chi connectivity index (χ0n) is 17.8. The first-order valence-corrected chi connectivity index (χ1v) is 10.2. The highest BCUT2D eigenvalue weighted by Crippen LogP contribution is 2.29. The Labute approximate surface area is 177 Å². The van der Waals surface area contributed by atoms with Crippen LogP contribution in [0.15, 0.2) is 36.4 Å². The summed E-state index contributed by atoms with van der Waals surface area (Å²) in [6, 6.07) is 10.9. The molecule has 1 aliphatic rings. The standard InChI is InChI=1S/C23H29N3O4/c1-16(27)25-18-7-9-20(21(14-18)26-11-5-4-6-12-26)23(28)24-15-17-13-19(29-2)8-10-22(17)30-3/h7-10,13-14H,4-6,11-12,15H2,1-3H3,(H,24,28)(H,25,27). The summed E-state index contributed by atoms with van der Waals surface area (Å²) in [5, 5.41) is 5.80. The lowest BCUT2D eigenvalue weighted by atomic mass is 10.1. The maximum Gasteiger partial charge on any atom is 0.253 e. The van der Waals surface area contributed by atoms with Gasteiger partial charge in [-0.3, -0.25) is 9.59 Å². The van der Waals surface area contributed by atoms with Gasteiger partial charge in [0, 0.05) is 37.8 Å². The van der Waals surface area contributed by atoms with Crippen LogP contribution >= 0.6 is 0 Å².